The number of rotatable bonds is 4. The van der Waals surface area contributed by atoms with Gasteiger partial charge in [0.25, 0.3) is 10.1 Å². The Labute approximate surface area is 135 Å². The third-order valence-electron chi connectivity index (χ3n) is 3.92. The highest BCUT2D eigenvalue weighted by atomic mass is 32.2. The molecule has 0 saturated heterocycles. The molecule has 0 N–H and O–H groups in total. The molecule has 0 saturated carbocycles. The topological polar surface area (TPSA) is 73.3 Å². The number of benzene rings is 1. The number of ketones is 1. The Morgan fingerprint density at radius 1 is 1.17 bits per heavy atom. The molecular formula is C17H17NO4S. The minimum atomic E-state index is -3.80. The van der Waals surface area contributed by atoms with Crippen molar-refractivity contribution in [2.75, 3.05) is 6.61 Å². The number of fused-ring (bicyclic) bond motifs is 1. The largest absolute Gasteiger partial charge is 0.296 e. The maximum Gasteiger partial charge on any atom is 0.296 e. The molecule has 1 aliphatic rings. The van der Waals surface area contributed by atoms with Gasteiger partial charge in [0.15, 0.2) is 5.78 Å². The molecule has 0 bridgehead atoms. The van der Waals surface area contributed by atoms with Gasteiger partial charge in [0.05, 0.1) is 17.2 Å². The Balaban J connectivity index is 1.69. The van der Waals surface area contributed by atoms with E-state index in [-0.39, 0.29) is 29.6 Å². The van der Waals surface area contributed by atoms with Gasteiger partial charge in [0, 0.05) is 18.2 Å². The number of hydrogen-bond donors (Lipinski definition) is 0. The first-order chi connectivity index (χ1) is 11.0. The van der Waals surface area contributed by atoms with Crippen molar-refractivity contribution in [3.8, 4) is 0 Å². The van der Waals surface area contributed by atoms with E-state index in [0.717, 1.165) is 5.56 Å². The molecule has 0 spiro atoms. The Morgan fingerprint density at radius 2 is 1.91 bits per heavy atom. The fourth-order valence-corrected chi connectivity index (χ4v) is 3.63. The van der Waals surface area contributed by atoms with Crippen LogP contribution in [0.1, 0.15) is 28.0 Å². The SMILES string of the molecule is Cc1ccc(S(=O)(=O)OCC2CC(=O)c3cccnc3C2)cc1. The van der Waals surface area contributed by atoms with Crippen LogP contribution in [0.3, 0.4) is 0 Å². The van der Waals surface area contributed by atoms with Gasteiger partial charge in [-0.3, -0.25) is 14.0 Å². The molecule has 0 amide bonds. The minimum Gasteiger partial charge on any atom is -0.294 e. The lowest BCUT2D eigenvalue weighted by atomic mass is 9.86. The predicted octanol–water partition coefficient (Wildman–Crippen LogP) is 2.54. The average Bonchev–Trinajstić information content (AvgIpc) is 2.54. The summed E-state index contributed by atoms with van der Waals surface area (Å²) in [5, 5.41) is 0. The van der Waals surface area contributed by atoms with Crippen LogP contribution in [-0.2, 0) is 20.7 Å². The number of nitrogens with zero attached hydrogens (tertiary/aromatic N) is 1. The van der Waals surface area contributed by atoms with E-state index in [1.165, 1.54) is 12.1 Å². The van der Waals surface area contributed by atoms with Gasteiger partial charge in [-0.25, -0.2) is 0 Å². The first kappa shape index (κ1) is 15.8. The van der Waals surface area contributed by atoms with Gasteiger partial charge in [0.2, 0.25) is 0 Å². The summed E-state index contributed by atoms with van der Waals surface area (Å²) in [4.78, 5) is 16.4. The van der Waals surface area contributed by atoms with Crippen LogP contribution >= 0.6 is 0 Å². The van der Waals surface area contributed by atoms with Crippen molar-refractivity contribution < 1.29 is 17.4 Å². The number of carbonyl (C=O) groups is 1. The first-order valence-electron chi connectivity index (χ1n) is 7.39. The van der Waals surface area contributed by atoms with Gasteiger partial charge < -0.3 is 0 Å². The van der Waals surface area contributed by atoms with Crippen molar-refractivity contribution in [2.45, 2.75) is 24.7 Å². The van der Waals surface area contributed by atoms with E-state index in [1.54, 1.807) is 30.5 Å². The van der Waals surface area contributed by atoms with Gasteiger partial charge in [-0.2, -0.15) is 8.42 Å². The fraction of sp³-hybridized carbons (Fsp3) is 0.294. The second-order valence-corrected chi connectivity index (χ2v) is 7.36. The number of hydrogen-bond acceptors (Lipinski definition) is 5. The molecule has 120 valence electrons. The second-order valence-electron chi connectivity index (χ2n) is 5.75. The van der Waals surface area contributed by atoms with Gasteiger partial charge >= 0.3 is 0 Å². The Kier molecular flexibility index (Phi) is 4.28. The third-order valence-corrected chi connectivity index (χ3v) is 5.21. The van der Waals surface area contributed by atoms with E-state index in [2.05, 4.69) is 4.98 Å². The maximum atomic E-state index is 12.2. The number of aromatic nitrogens is 1. The average molecular weight is 331 g/mol. The molecule has 3 rings (SSSR count). The van der Waals surface area contributed by atoms with Crippen LogP contribution in [0, 0.1) is 12.8 Å². The summed E-state index contributed by atoms with van der Waals surface area (Å²) in [6, 6.07) is 9.97. The van der Waals surface area contributed by atoms with Crippen LogP contribution in [0.15, 0.2) is 47.5 Å². The van der Waals surface area contributed by atoms with Crippen molar-refractivity contribution in [1.82, 2.24) is 4.98 Å². The van der Waals surface area contributed by atoms with Crippen LogP contribution in [0.5, 0.6) is 0 Å². The molecule has 1 atom stereocenters. The number of pyridine rings is 1. The Bertz CT molecular complexity index is 828. The summed E-state index contributed by atoms with van der Waals surface area (Å²) in [6.07, 6.45) is 2.46. The zero-order valence-electron chi connectivity index (χ0n) is 12.7. The maximum absolute atomic E-state index is 12.2. The van der Waals surface area contributed by atoms with Crippen LogP contribution in [0.2, 0.25) is 0 Å². The number of carbonyl (C=O) groups excluding carboxylic acids is 1. The van der Waals surface area contributed by atoms with Gasteiger partial charge in [-0.05, 0) is 43.5 Å². The van der Waals surface area contributed by atoms with Crippen LogP contribution in [-0.4, -0.2) is 25.8 Å². The quantitative estimate of drug-likeness (QED) is 0.805. The molecule has 1 aliphatic carbocycles. The molecular weight excluding hydrogens is 314 g/mol. The highest BCUT2D eigenvalue weighted by Gasteiger charge is 2.27. The minimum absolute atomic E-state index is 0.0133. The smallest absolute Gasteiger partial charge is 0.294 e. The van der Waals surface area contributed by atoms with E-state index in [4.69, 9.17) is 4.18 Å². The summed E-state index contributed by atoms with van der Waals surface area (Å²) < 4.78 is 29.5. The molecule has 1 unspecified atom stereocenters. The van der Waals surface area contributed by atoms with Crippen molar-refractivity contribution in [3.63, 3.8) is 0 Å². The van der Waals surface area contributed by atoms with Gasteiger partial charge in [-0.1, -0.05) is 17.7 Å². The van der Waals surface area contributed by atoms with Crippen molar-refractivity contribution in [1.29, 1.82) is 0 Å². The molecule has 5 nitrogen and oxygen atoms in total. The molecule has 2 aromatic rings. The Hall–Kier alpha value is -2.05. The Morgan fingerprint density at radius 3 is 2.65 bits per heavy atom. The van der Waals surface area contributed by atoms with Crippen molar-refractivity contribution in [2.24, 2.45) is 5.92 Å². The monoisotopic (exact) mass is 331 g/mol. The standard InChI is InChI=1S/C17H17NO4S/c1-12-4-6-14(7-5-12)23(20,21)22-11-13-9-16-15(17(19)10-13)3-2-8-18-16/h2-8,13H,9-11H2,1H3. The van der Waals surface area contributed by atoms with Crippen LogP contribution in [0.4, 0.5) is 0 Å². The molecule has 1 aromatic heterocycles. The molecule has 0 radical (unpaired) electrons. The first-order valence-corrected chi connectivity index (χ1v) is 8.80. The molecule has 0 aliphatic heterocycles. The highest BCUT2D eigenvalue weighted by molar-refractivity contribution is 7.86. The molecule has 6 heteroatoms. The summed E-state index contributed by atoms with van der Waals surface area (Å²) >= 11 is 0. The lowest BCUT2D eigenvalue weighted by molar-refractivity contribution is 0.0926. The van der Waals surface area contributed by atoms with E-state index < -0.39 is 10.1 Å². The number of aryl methyl sites for hydroxylation is 1. The molecule has 23 heavy (non-hydrogen) atoms. The summed E-state index contributed by atoms with van der Waals surface area (Å²) in [5.41, 5.74) is 2.32. The number of Topliss-reactive ketones (excluding diaryl/α,β-unsaturated/α-hetero) is 1. The molecule has 0 fully saturated rings. The van der Waals surface area contributed by atoms with Crippen molar-refractivity contribution in [3.05, 3.63) is 59.4 Å². The van der Waals surface area contributed by atoms with E-state index in [1.807, 2.05) is 6.92 Å². The molecule has 1 heterocycles. The normalized spacial score (nSPS) is 17.8. The zero-order chi connectivity index (χ0) is 16.4. The zero-order valence-corrected chi connectivity index (χ0v) is 13.5. The summed E-state index contributed by atoms with van der Waals surface area (Å²) in [7, 11) is -3.80. The van der Waals surface area contributed by atoms with E-state index in [9.17, 15) is 13.2 Å². The third kappa shape index (κ3) is 3.48. The predicted molar refractivity (Wildman–Crippen MR) is 84.7 cm³/mol. The lowest BCUT2D eigenvalue weighted by Gasteiger charge is -2.22. The summed E-state index contributed by atoms with van der Waals surface area (Å²) in [5.74, 6) is -0.189. The van der Waals surface area contributed by atoms with Crippen molar-refractivity contribution >= 4 is 15.9 Å². The fourth-order valence-electron chi connectivity index (χ4n) is 2.65. The second kappa shape index (κ2) is 6.22. The van der Waals surface area contributed by atoms with Crippen LogP contribution < -0.4 is 0 Å². The van der Waals surface area contributed by atoms with Crippen LogP contribution in [0.25, 0.3) is 0 Å². The lowest BCUT2D eigenvalue weighted by Crippen LogP contribution is -2.25. The van der Waals surface area contributed by atoms with Gasteiger partial charge in [0.1, 0.15) is 0 Å². The highest BCUT2D eigenvalue weighted by Crippen LogP contribution is 2.25. The van der Waals surface area contributed by atoms with E-state index >= 15 is 0 Å². The summed E-state index contributed by atoms with van der Waals surface area (Å²) in [6.45, 7) is 1.87. The van der Waals surface area contributed by atoms with Gasteiger partial charge in [-0.15, -0.1) is 0 Å². The molecule has 1 aromatic carbocycles. The van der Waals surface area contributed by atoms with E-state index in [0.29, 0.717) is 17.7 Å².